The summed E-state index contributed by atoms with van der Waals surface area (Å²) in [6.07, 6.45) is -0.919. The van der Waals surface area contributed by atoms with Crippen LogP contribution in [0.5, 0.6) is 0 Å². The molecule has 0 N–H and O–H groups in total. The van der Waals surface area contributed by atoms with Gasteiger partial charge in [-0.15, -0.1) is 0 Å². The predicted octanol–water partition coefficient (Wildman–Crippen LogP) is 2.95. The number of ether oxygens (including phenoxy) is 1. The molecule has 0 amide bonds. The highest BCUT2D eigenvalue weighted by molar-refractivity contribution is 9.10. The number of hydrogen-bond donors (Lipinski definition) is 0. The molecule has 0 radical (unpaired) electrons. The van der Waals surface area contributed by atoms with Crippen molar-refractivity contribution >= 4 is 32.0 Å². The molecule has 0 aliphatic carbocycles. The quantitative estimate of drug-likeness (QED) is 0.591. The first-order valence-corrected chi connectivity index (χ1v) is 8.56. The summed E-state index contributed by atoms with van der Waals surface area (Å²) in [4.78, 5) is 12.1. The minimum absolute atomic E-state index is 0.218. The molecule has 5 nitrogen and oxygen atoms in total. The van der Waals surface area contributed by atoms with Gasteiger partial charge in [-0.3, -0.25) is 0 Å². The Labute approximate surface area is 131 Å². The van der Waals surface area contributed by atoms with Crippen molar-refractivity contribution in [2.45, 2.75) is 32.5 Å². The van der Waals surface area contributed by atoms with Crippen LogP contribution >= 0.6 is 15.9 Å². The fraction of sp³-hybridized carbons (Fsp3) is 0.462. The van der Waals surface area contributed by atoms with Crippen molar-refractivity contribution in [1.82, 2.24) is 0 Å². The Bertz CT molecular complexity index is 636. The van der Waals surface area contributed by atoms with Crippen LogP contribution in [0.4, 0.5) is 4.39 Å². The highest BCUT2D eigenvalue weighted by Crippen LogP contribution is 2.28. The highest BCUT2D eigenvalue weighted by atomic mass is 79.9. The van der Waals surface area contributed by atoms with Gasteiger partial charge in [-0.25, -0.2) is 13.4 Å². The molecule has 0 saturated carbocycles. The molecule has 0 aliphatic heterocycles. The van der Waals surface area contributed by atoms with E-state index in [1.165, 1.54) is 12.1 Å². The molecule has 0 heterocycles. The van der Waals surface area contributed by atoms with Crippen LogP contribution in [-0.2, 0) is 23.8 Å². The van der Waals surface area contributed by atoms with Gasteiger partial charge in [0.2, 0.25) is 6.10 Å². The van der Waals surface area contributed by atoms with Crippen LogP contribution in [0.3, 0.4) is 0 Å². The van der Waals surface area contributed by atoms with E-state index in [9.17, 15) is 17.6 Å². The lowest BCUT2D eigenvalue weighted by Gasteiger charge is -2.24. The predicted molar refractivity (Wildman–Crippen MR) is 78.6 cm³/mol. The van der Waals surface area contributed by atoms with Crippen LogP contribution in [0.25, 0.3) is 0 Å². The summed E-state index contributed by atoms with van der Waals surface area (Å²) in [5, 5.41) is 0. The Balaban J connectivity index is 3.25. The topological polar surface area (TPSA) is 69.7 Å². The summed E-state index contributed by atoms with van der Waals surface area (Å²) in [7, 11) is -3.98. The molecule has 118 valence electrons. The SMILES string of the molecule is CC(C)(C)OC(=O)C(OS(C)(=O)=O)c1cc(Br)ccc1F. The minimum atomic E-state index is -3.98. The molecule has 0 fully saturated rings. The molecule has 0 bridgehead atoms. The van der Waals surface area contributed by atoms with E-state index in [1.54, 1.807) is 20.8 Å². The fourth-order valence-electron chi connectivity index (χ4n) is 1.46. The van der Waals surface area contributed by atoms with Gasteiger partial charge < -0.3 is 4.74 Å². The van der Waals surface area contributed by atoms with E-state index in [4.69, 9.17) is 8.92 Å². The van der Waals surface area contributed by atoms with E-state index >= 15 is 0 Å². The second-order valence-electron chi connectivity index (χ2n) is 5.38. The van der Waals surface area contributed by atoms with Crippen molar-refractivity contribution in [1.29, 1.82) is 0 Å². The molecule has 0 saturated heterocycles. The number of rotatable bonds is 4. The molecular formula is C13H16BrFO5S. The van der Waals surface area contributed by atoms with E-state index in [-0.39, 0.29) is 5.56 Å². The lowest BCUT2D eigenvalue weighted by molar-refractivity contribution is -0.163. The van der Waals surface area contributed by atoms with Crippen LogP contribution < -0.4 is 0 Å². The number of hydrogen-bond acceptors (Lipinski definition) is 5. The number of carbonyl (C=O) groups excluding carboxylic acids is 1. The number of esters is 1. The Hall–Kier alpha value is -0.990. The molecule has 0 spiro atoms. The number of halogens is 2. The second-order valence-corrected chi connectivity index (χ2v) is 7.90. The van der Waals surface area contributed by atoms with Crippen LogP contribution in [0.15, 0.2) is 22.7 Å². The minimum Gasteiger partial charge on any atom is -0.458 e. The molecule has 0 aliphatic rings. The van der Waals surface area contributed by atoms with Gasteiger partial charge in [-0.1, -0.05) is 15.9 Å². The molecule has 1 aromatic rings. The van der Waals surface area contributed by atoms with Crippen LogP contribution in [0.1, 0.15) is 32.4 Å². The maximum atomic E-state index is 13.9. The zero-order valence-electron chi connectivity index (χ0n) is 12.0. The van der Waals surface area contributed by atoms with Gasteiger partial charge in [0.05, 0.1) is 6.26 Å². The Morgan fingerprint density at radius 3 is 2.38 bits per heavy atom. The fourth-order valence-corrected chi connectivity index (χ4v) is 2.37. The average Bonchev–Trinajstić information content (AvgIpc) is 2.26. The smallest absolute Gasteiger partial charge is 0.342 e. The van der Waals surface area contributed by atoms with E-state index in [0.29, 0.717) is 4.47 Å². The molecule has 1 aromatic carbocycles. The van der Waals surface area contributed by atoms with Gasteiger partial charge in [0.25, 0.3) is 10.1 Å². The molecule has 8 heteroatoms. The van der Waals surface area contributed by atoms with Gasteiger partial charge in [0.15, 0.2) is 0 Å². The van der Waals surface area contributed by atoms with E-state index in [1.807, 2.05) is 0 Å². The maximum absolute atomic E-state index is 13.9. The third kappa shape index (κ3) is 6.11. The Morgan fingerprint density at radius 2 is 1.90 bits per heavy atom. The van der Waals surface area contributed by atoms with Crippen LogP contribution in [0, 0.1) is 5.82 Å². The molecular weight excluding hydrogens is 367 g/mol. The Morgan fingerprint density at radius 1 is 1.33 bits per heavy atom. The first-order valence-electron chi connectivity index (χ1n) is 5.95. The lowest BCUT2D eigenvalue weighted by Crippen LogP contribution is -2.30. The standard InChI is InChI=1S/C13H16BrFO5S/c1-13(2,3)19-12(16)11(20-21(4,17)18)9-7-8(14)5-6-10(9)15/h5-7,11H,1-4H3. The van der Waals surface area contributed by atoms with Crippen molar-refractivity contribution in [3.8, 4) is 0 Å². The summed E-state index contributed by atoms with van der Waals surface area (Å²) < 4.78 is 46.8. The van der Waals surface area contributed by atoms with Crippen molar-refractivity contribution in [2.75, 3.05) is 6.26 Å². The zero-order chi connectivity index (χ0) is 16.4. The van der Waals surface area contributed by atoms with Crippen molar-refractivity contribution < 1.29 is 26.5 Å². The van der Waals surface area contributed by atoms with Gasteiger partial charge in [0.1, 0.15) is 11.4 Å². The number of benzene rings is 1. The van der Waals surface area contributed by atoms with Gasteiger partial charge >= 0.3 is 5.97 Å². The number of carbonyl (C=O) groups is 1. The van der Waals surface area contributed by atoms with Crippen molar-refractivity contribution in [3.63, 3.8) is 0 Å². The van der Waals surface area contributed by atoms with Gasteiger partial charge in [0, 0.05) is 10.0 Å². The molecule has 1 atom stereocenters. The van der Waals surface area contributed by atoms with Crippen molar-refractivity contribution in [3.05, 3.63) is 34.1 Å². The monoisotopic (exact) mass is 382 g/mol. The lowest BCUT2D eigenvalue weighted by atomic mass is 10.1. The normalized spacial score (nSPS) is 13.8. The second kappa shape index (κ2) is 6.41. The zero-order valence-corrected chi connectivity index (χ0v) is 14.4. The summed E-state index contributed by atoms with van der Waals surface area (Å²) >= 11 is 3.13. The van der Waals surface area contributed by atoms with Gasteiger partial charge in [-0.05, 0) is 39.0 Å². The first kappa shape index (κ1) is 18.1. The summed E-state index contributed by atoms with van der Waals surface area (Å²) in [5.74, 6) is -1.75. The van der Waals surface area contributed by atoms with E-state index < -0.39 is 33.6 Å². The molecule has 0 aromatic heterocycles. The third-order valence-corrected chi connectivity index (χ3v) is 3.17. The summed E-state index contributed by atoms with van der Waals surface area (Å²) in [6, 6.07) is 3.79. The van der Waals surface area contributed by atoms with E-state index in [0.717, 1.165) is 12.3 Å². The Kier molecular flexibility index (Phi) is 5.51. The maximum Gasteiger partial charge on any atom is 0.342 e. The largest absolute Gasteiger partial charge is 0.458 e. The highest BCUT2D eigenvalue weighted by Gasteiger charge is 2.32. The molecule has 1 rings (SSSR count). The van der Waals surface area contributed by atoms with Crippen LogP contribution in [0.2, 0.25) is 0 Å². The average molecular weight is 383 g/mol. The first-order chi connectivity index (χ1) is 9.39. The summed E-state index contributed by atoms with van der Waals surface area (Å²) in [5.41, 5.74) is -1.08. The van der Waals surface area contributed by atoms with Crippen LogP contribution in [-0.4, -0.2) is 26.2 Å². The van der Waals surface area contributed by atoms with Crippen molar-refractivity contribution in [2.24, 2.45) is 0 Å². The molecule has 21 heavy (non-hydrogen) atoms. The van der Waals surface area contributed by atoms with Gasteiger partial charge in [-0.2, -0.15) is 8.42 Å². The molecule has 1 unspecified atom stereocenters. The third-order valence-electron chi connectivity index (χ3n) is 2.13. The summed E-state index contributed by atoms with van der Waals surface area (Å²) in [6.45, 7) is 4.83. The van der Waals surface area contributed by atoms with E-state index in [2.05, 4.69) is 15.9 Å².